The summed E-state index contributed by atoms with van der Waals surface area (Å²) in [6.45, 7) is 1.71. The number of aryl methyl sites for hydroxylation is 1. The Bertz CT molecular complexity index is 882. The minimum atomic E-state index is -3.61. The molecule has 0 spiro atoms. The van der Waals surface area contributed by atoms with Gasteiger partial charge in [0, 0.05) is 4.88 Å². The molecule has 132 valence electrons. The summed E-state index contributed by atoms with van der Waals surface area (Å²) in [6, 6.07) is 14.2. The quantitative estimate of drug-likeness (QED) is 0.663. The first-order valence-electron chi connectivity index (χ1n) is 7.72. The Balaban J connectivity index is 1.79. The number of nitrogens with one attached hydrogen (secondary N) is 1. The first-order valence-corrected chi connectivity index (χ1v) is 10.3. The SMILES string of the molecule is Cc1cccc(CS(=O)(=O)NCC(O)(c2ccco2)c2cccs2)c1. The maximum absolute atomic E-state index is 12.4. The lowest BCUT2D eigenvalue weighted by atomic mass is 9.99. The van der Waals surface area contributed by atoms with E-state index in [0.717, 1.165) is 5.56 Å². The molecule has 25 heavy (non-hydrogen) atoms. The average Bonchev–Trinajstić information content (AvgIpc) is 3.26. The van der Waals surface area contributed by atoms with Crippen LogP contribution in [0.4, 0.5) is 0 Å². The molecule has 0 bridgehead atoms. The molecule has 3 aromatic rings. The molecule has 2 aromatic heterocycles. The van der Waals surface area contributed by atoms with E-state index in [9.17, 15) is 13.5 Å². The fourth-order valence-corrected chi connectivity index (χ4v) is 4.59. The molecule has 0 saturated heterocycles. The number of benzene rings is 1. The zero-order chi connectivity index (χ0) is 17.9. The molecule has 1 aromatic carbocycles. The van der Waals surface area contributed by atoms with Crippen LogP contribution in [0, 0.1) is 6.92 Å². The molecule has 0 aliphatic carbocycles. The highest BCUT2D eigenvalue weighted by Crippen LogP contribution is 2.32. The monoisotopic (exact) mass is 377 g/mol. The molecule has 2 heterocycles. The van der Waals surface area contributed by atoms with Crippen molar-refractivity contribution in [2.75, 3.05) is 6.54 Å². The van der Waals surface area contributed by atoms with Crippen LogP contribution in [0.3, 0.4) is 0 Å². The van der Waals surface area contributed by atoms with Gasteiger partial charge < -0.3 is 9.52 Å². The van der Waals surface area contributed by atoms with Crippen LogP contribution < -0.4 is 4.72 Å². The summed E-state index contributed by atoms with van der Waals surface area (Å²) >= 11 is 1.34. The van der Waals surface area contributed by atoms with Crippen LogP contribution in [0.1, 0.15) is 21.8 Å². The van der Waals surface area contributed by atoms with Crippen LogP contribution in [0.2, 0.25) is 0 Å². The maximum atomic E-state index is 12.4. The Hall–Kier alpha value is -1.93. The molecule has 3 rings (SSSR count). The van der Waals surface area contributed by atoms with Gasteiger partial charge in [0.25, 0.3) is 0 Å². The highest BCUT2D eigenvalue weighted by molar-refractivity contribution is 7.88. The Labute approximate surface area is 151 Å². The summed E-state index contributed by atoms with van der Waals surface area (Å²) in [5.41, 5.74) is 0.153. The molecule has 0 aliphatic heterocycles. The van der Waals surface area contributed by atoms with Gasteiger partial charge in [0.2, 0.25) is 10.0 Å². The van der Waals surface area contributed by atoms with Crippen LogP contribution in [-0.2, 0) is 21.4 Å². The van der Waals surface area contributed by atoms with E-state index in [-0.39, 0.29) is 12.3 Å². The summed E-state index contributed by atoms with van der Waals surface area (Å²) in [5.74, 6) is 0.154. The molecule has 0 amide bonds. The van der Waals surface area contributed by atoms with Gasteiger partial charge in [-0.2, -0.15) is 0 Å². The molecule has 0 aliphatic rings. The molecule has 0 radical (unpaired) electrons. The van der Waals surface area contributed by atoms with Crippen LogP contribution >= 0.6 is 11.3 Å². The highest BCUT2D eigenvalue weighted by Gasteiger charge is 2.36. The van der Waals surface area contributed by atoms with Crippen LogP contribution in [0.5, 0.6) is 0 Å². The zero-order valence-corrected chi connectivity index (χ0v) is 15.3. The average molecular weight is 377 g/mol. The normalized spacial score (nSPS) is 14.3. The molecule has 1 unspecified atom stereocenters. The van der Waals surface area contributed by atoms with Crippen molar-refractivity contribution < 1.29 is 17.9 Å². The lowest BCUT2D eigenvalue weighted by molar-refractivity contribution is 0.0655. The van der Waals surface area contributed by atoms with E-state index in [1.807, 2.05) is 30.5 Å². The third kappa shape index (κ3) is 4.19. The van der Waals surface area contributed by atoms with E-state index in [0.29, 0.717) is 16.2 Å². The second-order valence-electron chi connectivity index (χ2n) is 5.88. The van der Waals surface area contributed by atoms with Crippen molar-refractivity contribution in [3.8, 4) is 0 Å². The number of sulfonamides is 1. The number of rotatable bonds is 7. The van der Waals surface area contributed by atoms with Gasteiger partial charge in [0.05, 0.1) is 18.6 Å². The summed E-state index contributed by atoms with van der Waals surface area (Å²) in [6.07, 6.45) is 1.45. The van der Waals surface area contributed by atoms with E-state index in [4.69, 9.17) is 4.42 Å². The topological polar surface area (TPSA) is 79.5 Å². The molecular weight excluding hydrogens is 358 g/mol. The molecule has 2 N–H and O–H groups in total. The zero-order valence-electron chi connectivity index (χ0n) is 13.7. The van der Waals surface area contributed by atoms with Crippen molar-refractivity contribution in [1.29, 1.82) is 0 Å². The van der Waals surface area contributed by atoms with E-state index in [1.165, 1.54) is 17.6 Å². The van der Waals surface area contributed by atoms with Crippen molar-refractivity contribution in [2.45, 2.75) is 18.3 Å². The second-order valence-corrected chi connectivity index (χ2v) is 8.64. The minimum absolute atomic E-state index is 0.145. The Morgan fingerprint density at radius 3 is 2.68 bits per heavy atom. The molecular formula is C18H19NO4S2. The lowest BCUT2D eigenvalue weighted by Gasteiger charge is -2.25. The van der Waals surface area contributed by atoms with Gasteiger partial charge in [-0.05, 0) is 36.1 Å². The minimum Gasteiger partial charge on any atom is -0.466 e. The van der Waals surface area contributed by atoms with Crippen molar-refractivity contribution in [1.82, 2.24) is 4.72 Å². The van der Waals surface area contributed by atoms with E-state index >= 15 is 0 Å². The Kier molecular flexibility index (Phi) is 5.10. The fourth-order valence-electron chi connectivity index (χ4n) is 2.61. The summed E-state index contributed by atoms with van der Waals surface area (Å²) in [5, 5.41) is 12.9. The molecule has 0 fully saturated rings. The molecule has 7 heteroatoms. The lowest BCUT2D eigenvalue weighted by Crippen LogP contribution is -2.41. The third-order valence-electron chi connectivity index (χ3n) is 3.84. The summed E-state index contributed by atoms with van der Waals surface area (Å²) in [4.78, 5) is 0.612. The van der Waals surface area contributed by atoms with E-state index < -0.39 is 15.6 Å². The van der Waals surface area contributed by atoms with Crippen LogP contribution in [0.25, 0.3) is 0 Å². The fraction of sp³-hybridized carbons (Fsp3) is 0.222. The van der Waals surface area contributed by atoms with Crippen LogP contribution in [0.15, 0.2) is 64.6 Å². The van der Waals surface area contributed by atoms with Crippen molar-refractivity contribution in [3.05, 3.63) is 81.9 Å². The van der Waals surface area contributed by atoms with Gasteiger partial charge >= 0.3 is 0 Å². The van der Waals surface area contributed by atoms with Gasteiger partial charge in [-0.3, -0.25) is 0 Å². The largest absolute Gasteiger partial charge is 0.466 e. The first kappa shape index (κ1) is 17.9. The number of hydrogen-bond donors (Lipinski definition) is 2. The van der Waals surface area contributed by atoms with Gasteiger partial charge in [-0.25, -0.2) is 13.1 Å². The summed E-state index contributed by atoms with van der Waals surface area (Å²) < 4.78 is 32.8. The number of furan rings is 1. The van der Waals surface area contributed by atoms with Gasteiger partial charge in [0.15, 0.2) is 5.60 Å². The smallest absolute Gasteiger partial charge is 0.215 e. The van der Waals surface area contributed by atoms with E-state index in [1.54, 1.807) is 30.3 Å². The van der Waals surface area contributed by atoms with Gasteiger partial charge in [-0.1, -0.05) is 35.9 Å². The molecule has 5 nitrogen and oxygen atoms in total. The first-order chi connectivity index (χ1) is 11.9. The standard InChI is InChI=1S/C18H19NO4S2/c1-14-5-2-6-15(11-14)12-25(21,22)19-13-18(20,16-7-3-9-23-16)17-8-4-10-24-17/h2-11,19-20H,12-13H2,1H3. The number of hydrogen-bond acceptors (Lipinski definition) is 5. The predicted octanol–water partition coefficient (Wildman–Crippen LogP) is 3.01. The predicted molar refractivity (Wildman–Crippen MR) is 97.8 cm³/mol. The van der Waals surface area contributed by atoms with E-state index in [2.05, 4.69) is 4.72 Å². The van der Waals surface area contributed by atoms with Crippen molar-refractivity contribution >= 4 is 21.4 Å². The van der Waals surface area contributed by atoms with Crippen molar-refractivity contribution in [3.63, 3.8) is 0 Å². The van der Waals surface area contributed by atoms with Crippen LogP contribution in [-0.4, -0.2) is 20.1 Å². The maximum Gasteiger partial charge on any atom is 0.215 e. The van der Waals surface area contributed by atoms with Gasteiger partial charge in [-0.15, -0.1) is 11.3 Å². The highest BCUT2D eigenvalue weighted by atomic mass is 32.2. The molecule has 1 atom stereocenters. The number of aliphatic hydroxyl groups is 1. The summed E-state index contributed by atoms with van der Waals surface area (Å²) in [7, 11) is -3.61. The molecule has 0 saturated carbocycles. The Morgan fingerprint density at radius 2 is 2.04 bits per heavy atom. The van der Waals surface area contributed by atoms with Crippen molar-refractivity contribution in [2.24, 2.45) is 0 Å². The number of thiophene rings is 1. The van der Waals surface area contributed by atoms with Gasteiger partial charge in [0.1, 0.15) is 5.76 Å². The second kappa shape index (κ2) is 7.13. The Morgan fingerprint density at radius 1 is 1.20 bits per heavy atom. The third-order valence-corrected chi connectivity index (χ3v) is 6.16.